The SMILES string of the molecule is CCC(CC)CC/C=C(/C)c1cccc(OCc2ccc(CO)c(CO)c2)c1. The van der Waals surface area contributed by atoms with Gasteiger partial charge in [-0.15, -0.1) is 0 Å². The van der Waals surface area contributed by atoms with E-state index in [0.29, 0.717) is 6.61 Å². The molecule has 2 N–H and O–H groups in total. The summed E-state index contributed by atoms with van der Waals surface area (Å²) in [6.45, 7) is 6.98. The van der Waals surface area contributed by atoms with Crippen LogP contribution in [0.5, 0.6) is 5.75 Å². The van der Waals surface area contributed by atoms with E-state index in [-0.39, 0.29) is 13.2 Å². The minimum atomic E-state index is -0.0832. The molecule has 0 atom stereocenters. The highest BCUT2D eigenvalue weighted by Gasteiger charge is 2.05. The summed E-state index contributed by atoms with van der Waals surface area (Å²) in [7, 11) is 0. The second kappa shape index (κ2) is 11.7. The first kappa shape index (κ1) is 22.2. The van der Waals surface area contributed by atoms with Crippen molar-refractivity contribution in [3.8, 4) is 5.75 Å². The molecule has 0 fully saturated rings. The van der Waals surface area contributed by atoms with E-state index in [9.17, 15) is 10.2 Å². The Morgan fingerprint density at radius 2 is 1.75 bits per heavy atom. The van der Waals surface area contributed by atoms with Crippen molar-refractivity contribution in [2.24, 2.45) is 5.92 Å². The summed E-state index contributed by atoms with van der Waals surface area (Å²) in [5.41, 5.74) is 4.94. The fourth-order valence-electron chi connectivity index (χ4n) is 3.42. The number of benzene rings is 2. The lowest BCUT2D eigenvalue weighted by atomic mass is 9.96. The monoisotopic (exact) mass is 382 g/mol. The van der Waals surface area contributed by atoms with Crippen LogP contribution in [0.4, 0.5) is 0 Å². The van der Waals surface area contributed by atoms with Crippen LogP contribution in [0.1, 0.15) is 68.7 Å². The van der Waals surface area contributed by atoms with Crippen LogP contribution in [0, 0.1) is 5.92 Å². The zero-order valence-corrected chi connectivity index (χ0v) is 17.4. The van der Waals surface area contributed by atoms with Gasteiger partial charge >= 0.3 is 0 Å². The van der Waals surface area contributed by atoms with E-state index in [1.807, 2.05) is 30.3 Å². The number of hydrogen-bond acceptors (Lipinski definition) is 3. The van der Waals surface area contributed by atoms with E-state index in [1.165, 1.54) is 30.4 Å². The molecule has 28 heavy (non-hydrogen) atoms. The average molecular weight is 383 g/mol. The molecule has 2 aromatic carbocycles. The maximum Gasteiger partial charge on any atom is 0.120 e. The number of rotatable bonds is 11. The third kappa shape index (κ3) is 6.50. The fourth-order valence-corrected chi connectivity index (χ4v) is 3.42. The lowest BCUT2D eigenvalue weighted by Gasteiger charge is -2.12. The van der Waals surface area contributed by atoms with E-state index >= 15 is 0 Å². The Hall–Kier alpha value is -2.10. The molecule has 0 aliphatic carbocycles. The highest BCUT2D eigenvalue weighted by molar-refractivity contribution is 5.64. The zero-order chi connectivity index (χ0) is 20.4. The van der Waals surface area contributed by atoms with Gasteiger partial charge < -0.3 is 14.9 Å². The van der Waals surface area contributed by atoms with Gasteiger partial charge in [0.05, 0.1) is 13.2 Å². The van der Waals surface area contributed by atoms with Gasteiger partial charge in [0.1, 0.15) is 12.4 Å². The molecule has 0 amide bonds. The van der Waals surface area contributed by atoms with Gasteiger partial charge in [0.25, 0.3) is 0 Å². The second-order valence-electron chi connectivity index (χ2n) is 7.38. The Kier molecular flexibility index (Phi) is 9.26. The summed E-state index contributed by atoms with van der Waals surface area (Å²) in [5.74, 6) is 1.65. The molecule has 2 rings (SSSR count). The summed E-state index contributed by atoms with van der Waals surface area (Å²) in [6, 6.07) is 13.9. The summed E-state index contributed by atoms with van der Waals surface area (Å²) in [5, 5.41) is 18.7. The molecule has 0 saturated heterocycles. The van der Waals surface area contributed by atoms with E-state index in [0.717, 1.165) is 34.8 Å². The maximum atomic E-state index is 9.44. The fraction of sp³-hybridized carbons (Fsp3) is 0.440. The standard InChI is InChI=1S/C25H34O3/c1-4-20(5-2)9-6-8-19(3)22-10-7-11-25(15-22)28-18-21-12-13-23(16-26)24(14-21)17-27/h7-8,10-15,20,26-27H,4-6,9,16-18H2,1-3H3/b19-8-. The van der Waals surface area contributed by atoms with Crippen molar-refractivity contribution in [3.05, 3.63) is 70.8 Å². The van der Waals surface area contributed by atoms with E-state index in [1.54, 1.807) is 0 Å². The Morgan fingerprint density at radius 3 is 2.43 bits per heavy atom. The molecule has 0 saturated carbocycles. The van der Waals surface area contributed by atoms with Gasteiger partial charge in [-0.25, -0.2) is 0 Å². The Labute approximate surface area is 169 Å². The molecule has 0 aliphatic heterocycles. The molecular weight excluding hydrogens is 348 g/mol. The first-order valence-electron chi connectivity index (χ1n) is 10.3. The van der Waals surface area contributed by atoms with Gasteiger partial charge in [-0.1, -0.05) is 57.0 Å². The van der Waals surface area contributed by atoms with Crippen LogP contribution < -0.4 is 4.74 Å². The van der Waals surface area contributed by atoms with Crippen molar-refractivity contribution >= 4 is 5.57 Å². The largest absolute Gasteiger partial charge is 0.489 e. The number of hydrogen-bond donors (Lipinski definition) is 2. The Morgan fingerprint density at radius 1 is 1.00 bits per heavy atom. The van der Waals surface area contributed by atoms with Gasteiger partial charge in [-0.05, 0) is 71.7 Å². The minimum absolute atomic E-state index is 0.0675. The van der Waals surface area contributed by atoms with Gasteiger partial charge in [0.2, 0.25) is 0 Å². The summed E-state index contributed by atoms with van der Waals surface area (Å²) in [6.07, 6.45) is 7.20. The molecule has 0 bridgehead atoms. The van der Waals surface area contributed by atoms with Crippen LogP contribution in [0.3, 0.4) is 0 Å². The number of aliphatic hydroxyl groups excluding tert-OH is 2. The van der Waals surface area contributed by atoms with Crippen LogP contribution in [-0.4, -0.2) is 10.2 Å². The van der Waals surface area contributed by atoms with Crippen molar-refractivity contribution in [1.29, 1.82) is 0 Å². The van der Waals surface area contributed by atoms with Crippen LogP contribution in [-0.2, 0) is 19.8 Å². The first-order chi connectivity index (χ1) is 13.6. The molecule has 0 aliphatic rings. The smallest absolute Gasteiger partial charge is 0.120 e. The predicted octanol–water partition coefficient (Wildman–Crippen LogP) is 5.87. The van der Waals surface area contributed by atoms with Gasteiger partial charge in [0, 0.05) is 0 Å². The third-order valence-electron chi connectivity index (χ3n) is 5.49. The lowest BCUT2D eigenvalue weighted by Crippen LogP contribution is -2.00. The Balaban J connectivity index is 1.99. The third-order valence-corrected chi connectivity index (χ3v) is 5.49. The molecule has 0 spiro atoms. The van der Waals surface area contributed by atoms with Gasteiger partial charge in [0.15, 0.2) is 0 Å². The summed E-state index contributed by atoms with van der Waals surface area (Å²) < 4.78 is 5.96. The van der Waals surface area contributed by atoms with Crippen molar-refractivity contribution in [2.75, 3.05) is 0 Å². The van der Waals surface area contributed by atoms with E-state index < -0.39 is 0 Å². The molecule has 152 valence electrons. The Bertz CT molecular complexity index is 760. The molecule has 0 heterocycles. The quantitative estimate of drug-likeness (QED) is 0.511. The molecule has 3 nitrogen and oxygen atoms in total. The van der Waals surface area contributed by atoms with E-state index in [2.05, 4.69) is 39.0 Å². The number of allylic oxidation sites excluding steroid dienone is 2. The van der Waals surface area contributed by atoms with Gasteiger partial charge in [-0.2, -0.15) is 0 Å². The van der Waals surface area contributed by atoms with E-state index in [4.69, 9.17) is 4.74 Å². The van der Waals surface area contributed by atoms with Crippen LogP contribution in [0.25, 0.3) is 5.57 Å². The number of aliphatic hydroxyl groups is 2. The highest BCUT2D eigenvalue weighted by Crippen LogP contribution is 2.23. The summed E-state index contributed by atoms with van der Waals surface area (Å²) in [4.78, 5) is 0. The lowest BCUT2D eigenvalue weighted by molar-refractivity contribution is 0.259. The van der Waals surface area contributed by atoms with Crippen molar-refractivity contribution in [2.45, 2.75) is 66.3 Å². The van der Waals surface area contributed by atoms with Crippen molar-refractivity contribution < 1.29 is 14.9 Å². The summed E-state index contributed by atoms with van der Waals surface area (Å²) >= 11 is 0. The maximum absolute atomic E-state index is 9.44. The van der Waals surface area contributed by atoms with Crippen LogP contribution in [0.15, 0.2) is 48.5 Å². The first-order valence-corrected chi connectivity index (χ1v) is 10.3. The number of ether oxygens (including phenoxy) is 1. The molecule has 0 aromatic heterocycles. The molecule has 0 unspecified atom stereocenters. The molecule has 2 aromatic rings. The minimum Gasteiger partial charge on any atom is -0.489 e. The second-order valence-corrected chi connectivity index (χ2v) is 7.38. The van der Waals surface area contributed by atoms with Crippen molar-refractivity contribution in [3.63, 3.8) is 0 Å². The predicted molar refractivity (Wildman–Crippen MR) is 116 cm³/mol. The van der Waals surface area contributed by atoms with Crippen LogP contribution >= 0.6 is 0 Å². The van der Waals surface area contributed by atoms with Gasteiger partial charge in [-0.3, -0.25) is 0 Å². The van der Waals surface area contributed by atoms with Crippen LogP contribution in [0.2, 0.25) is 0 Å². The zero-order valence-electron chi connectivity index (χ0n) is 17.4. The highest BCUT2D eigenvalue weighted by atomic mass is 16.5. The normalized spacial score (nSPS) is 11.9. The average Bonchev–Trinajstić information content (AvgIpc) is 2.75. The molecule has 3 heteroatoms. The topological polar surface area (TPSA) is 49.7 Å². The molecule has 0 radical (unpaired) electrons. The van der Waals surface area contributed by atoms with Crippen molar-refractivity contribution in [1.82, 2.24) is 0 Å². The molecular formula is C25H34O3.